The Morgan fingerprint density at radius 1 is 0.556 bits per heavy atom. The number of rotatable bonds is 8. The van der Waals surface area contributed by atoms with E-state index >= 15 is 0 Å². The van der Waals surface area contributed by atoms with E-state index in [0.717, 1.165) is 16.7 Å². The maximum absolute atomic E-state index is 14.0. The first-order chi connectivity index (χ1) is 21.4. The van der Waals surface area contributed by atoms with E-state index in [1.54, 1.807) is 91.0 Å². The molecular weight excluding hydrogens is 645 g/mol. The highest BCUT2D eigenvalue weighted by Gasteiger charge is 2.39. The van der Waals surface area contributed by atoms with E-state index in [2.05, 4.69) is 0 Å². The van der Waals surface area contributed by atoms with Gasteiger partial charge in [-0.05, 0) is 56.2 Å². The summed E-state index contributed by atoms with van der Waals surface area (Å²) in [6, 6.07) is 34.7. The Balaban J connectivity index is 0.000000207. The maximum atomic E-state index is 14.0. The molecule has 1 atom stereocenters. The zero-order valence-electron chi connectivity index (χ0n) is 25.2. The molecule has 0 N–H and O–H groups in total. The number of carbonyl (C=O) groups is 2. The molecule has 0 aromatic heterocycles. The van der Waals surface area contributed by atoms with Crippen LogP contribution in [0.2, 0.25) is 10.0 Å². The normalized spacial score (nSPS) is 12.4. The van der Waals surface area contributed by atoms with Crippen molar-refractivity contribution in [2.24, 2.45) is 0 Å². The van der Waals surface area contributed by atoms with Gasteiger partial charge in [0.1, 0.15) is 0 Å². The van der Waals surface area contributed by atoms with Crippen LogP contribution in [0, 0.1) is 20.8 Å². The SMILES string of the molecule is COP(=O)(C(=O)c1c(C)cc(C)cc1C)c1ccccc1.O=C(c1c(Cl)cccc1Cl)P(=O)(c1ccccc1)c1ccccc1. The topological polar surface area (TPSA) is 77.5 Å². The summed E-state index contributed by atoms with van der Waals surface area (Å²) in [4.78, 5) is 26.1. The van der Waals surface area contributed by atoms with Gasteiger partial charge in [0, 0.05) is 28.6 Å². The minimum absolute atomic E-state index is 0.0943. The van der Waals surface area contributed by atoms with Crippen LogP contribution >= 0.6 is 37.7 Å². The number of halogens is 2. The summed E-state index contributed by atoms with van der Waals surface area (Å²) in [5, 5.41) is 1.73. The highest BCUT2D eigenvalue weighted by Crippen LogP contribution is 2.50. The van der Waals surface area contributed by atoms with Crippen LogP contribution in [-0.2, 0) is 13.7 Å². The molecule has 0 radical (unpaired) electrons. The number of hydrogen-bond donors (Lipinski definition) is 0. The van der Waals surface area contributed by atoms with Crippen molar-refractivity contribution in [2.75, 3.05) is 7.11 Å². The van der Waals surface area contributed by atoms with Gasteiger partial charge in [0.15, 0.2) is 0 Å². The zero-order valence-corrected chi connectivity index (χ0v) is 28.5. The lowest BCUT2D eigenvalue weighted by atomic mass is 10.0. The van der Waals surface area contributed by atoms with Crippen LogP contribution in [0.1, 0.15) is 37.4 Å². The molecule has 5 rings (SSSR count). The number of carbonyl (C=O) groups excluding carboxylic acids is 2. The van der Waals surface area contributed by atoms with E-state index in [9.17, 15) is 18.7 Å². The van der Waals surface area contributed by atoms with Crippen molar-refractivity contribution < 1.29 is 23.2 Å². The van der Waals surface area contributed by atoms with Gasteiger partial charge in [0.05, 0.1) is 15.6 Å². The van der Waals surface area contributed by atoms with Gasteiger partial charge in [-0.2, -0.15) is 0 Å². The van der Waals surface area contributed by atoms with E-state index in [1.807, 2.05) is 51.1 Å². The third kappa shape index (κ3) is 7.15. The predicted molar refractivity (Wildman–Crippen MR) is 186 cm³/mol. The first kappa shape index (κ1) is 34.3. The molecule has 0 heterocycles. The Morgan fingerprint density at radius 2 is 0.956 bits per heavy atom. The van der Waals surface area contributed by atoms with Gasteiger partial charge in [-0.15, -0.1) is 0 Å². The number of benzene rings is 5. The van der Waals surface area contributed by atoms with Gasteiger partial charge in [-0.1, -0.05) is 126 Å². The average Bonchev–Trinajstić information content (AvgIpc) is 3.05. The third-order valence-corrected chi connectivity index (χ3v) is 12.9. The summed E-state index contributed by atoms with van der Waals surface area (Å²) in [5.74, 6) is 0. The Kier molecular flexibility index (Phi) is 11.2. The molecule has 9 heteroatoms. The van der Waals surface area contributed by atoms with Gasteiger partial charge < -0.3 is 9.09 Å². The van der Waals surface area contributed by atoms with Gasteiger partial charge >= 0.3 is 7.37 Å². The predicted octanol–water partition coefficient (Wildman–Crippen LogP) is 9.15. The molecule has 0 aliphatic rings. The molecule has 0 saturated carbocycles. The second kappa shape index (κ2) is 14.7. The first-order valence-corrected chi connectivity index (χ1v) is 18.1. The van der Waals surface area contributed by atoms with E-state index < -0.39 is 25.6 Å². The zero-order chi connectivity index (χ0) is 32.8. The Morgan fingerprint density at radius 3 is 1.36 bits per heavy atom. The fourth-order valence-electron chi connectivity index (χ4n) is 5.11. The van der Waals surface area contributed by atoms with Crippen LogP contribution in [0.5, 0.6) is 0 Å². The van der Waals surface area contributed by atoms with E-state index in [0.29, 0.717) is 21.5 Å². The first-order valence-electron chi connectivity index (χ1n) is 14.0. The quantitative estimate of drug-likeness (QED) is 0.153. The Bertz CT molecular complexity index is 1840. The molecule has 0 spiro atoms. The van der Waals surface area contributed by atoms with Crippen molar-refractivity contribution in [3.63, 3.8) is 0 Å². The second-order valence-electron chi connectivity index (χ2n) is 10.3. The van der Waals surface area contributed by atoms with Crippen molar-refractivity contribution >= 4 is 64.7 Å². The summed E-state index contributed by atoms with van der Waals surface area (Å²) in [6.45, 7) is 5.69. The molecule has 0 aliphatic heterocycles. The van der Waals surface area contributed by atoms with Crippen molar-refractivity contribution in [1.29, 1.82) is 0 Å². The molecule has 230 valence electrons. The fraction of sp³-hybridized carbons (Fsp3) is 0.111. The molecule has 0 amide bonds. The monoisotopic (exact) mass is 676 g/mol. The molecule has 0 fully saturated rings. The highest BCUT2D eigenvalue weighted by molar-refractivity contribution is 7.93. The average molecular weight is 678 g/mol. The second-order valence-corrected chi connectivity index (χ2v) is 16.2. The summed E-state index contributed by atoms with van der Waals surface area (Å²) in [6.07, 6.45) is 0. The van der Waals surface area contributed by atoms with Gasteiger partial charge in [0.2, 0.25) is 12.7 Å². The van der Waals surface area contributed by atoms with Crippen LogP contribution < -0.4 is 15.9 Å². The molecular formula is C36H32Cl2O5P2. The molecule has 5 aromatic carbocycles. The number of hydrogen-bond acceptors (Lipinski definition) is 5. The molecule has 5 aromatic rings. The van der Waals surface area contributed by atoms with Crippen LogP contribution in [0.15, 0.2) is 121 Å². The standard InChI is InChI=1S/C19H13Cl2O2P.C17H19O3P/c20-16-12-7-13-17(21)18(16)19(22)24(23,14-8-3-1-4-9-14)15-10-5-2-6-11-15;1-12-10-13(2)16(14(3)11-12)17(18)21(19,20-4)15-8-6-5-7-9-15/h1-13H;5-11H,1-4H3. The van der Waals surface area contributed by atoms with E-state index in [1.165, 1.54) is 7.11 Å². The fourth-order valence-corrected chi connectivity index (χ4v) is 10.1. The van der Waals surface area contributed by atoms with Crippen LogP contribution in [0.3, 0.4) is 0 Å². The Labute approximate surface area is 274 Å². The van der Waals surface area contributed by atoms with Crippen LogP contribution in [0.25, 0.3) is 0 Å². The lowest BCUT2D eigenvalue weighted by Gasteiger charge is -2.19. The van der Waals surface area contributed by atoms with Crippen LogP contribution in [0.4, 0.5) is 0 Å². The lowest BCUT2D eigenvalue weighted by Crippen LogP contribution is -2.23. The molecule has 45 heavy (non-hydrogen) atoms. The molecule has 0 aliphatic carbocycles. The smallest absolute Gasteiger partial charge is 0.300 e. The molecule has 5 nitrogen and oxygen atoms in total. The van der Waals surface area contributed by atoms with E-state index in [4.69, 9.17) is 27.7 Å². The maximum Gasteiger partial charge on any atom is 0.300 e. The van der Waals surface area contributed by atoms with Crippen molar-refractivity contribution in [1.82, 2.24) is 0 Å². The number of aryl methyl sites for hydroxylation is 3. The minimum atomic E-state index is -3.60. The summed E-state index contributed by atoms with van der Waals surface area (Å²) >= 11 is 12.4. The van der Waals surface area contributed by atoms with Gasteiger partial charge in [0.25, 0.3) is 5.52 Å². The van der Waals surface area contributed by atoms with Crippen molar-refractivity contribution in [3.05, 3.63) is 159 Å². The van der Waals surface area contributed by atoms with E-state index in [-0.39, 0.29) is 15.6 Å². The molecule has 0 bridgehead atoms. The van der Waals surface area contributed by atoms with Crippen molar-refractivity contribution in [3.8, 4) is 0 Å². The molecule has 0 saturated heterocycles. The van der Waals surface area contributed by atoms with Crippen LogP contribution in [-0.4, -0.2) is 18.2 Å². The highest BCUT2D eigenvalue weighted by atomic mass is 35.5. The Hall–Kier alpha value is -3.56. The largest absolute Gasteiger partial charge is 0.323 e. The third-order valence-electron chi connectivity index (χ3n) is 7.21. The summed E-state index contributed by atoms with van der Waals surface area (Å²) in [5.41, 5.74) is 2.32. The van der Waals surface area contributed by atoms with Crippen molar-refractivity contribution in [2.45, 2.75) is 20.8 Å². The van der Waals surface area contributed by atoms with Gasteiger partial charge in [-0.3, -0.25) is 14.2 Å². The minimum Gasteiger partial charge on any atom is -0.323 e. The lowest BCUT2D eigenvalue weighted by molar-refractivity contribution is 0.105. The summed E-state index contributed by atoms with van der Waals surface area (Å²) < 4.78 is 32.2. The molecule has 1 unspecified atom stereocenters. The van der Waals surface area contributed by atoms with Gasteiger partial charge in [-0.25, -0.2) is 0 Å². The summed E-state index contributed by atoms with van der Waals surface area (Å²) in [7, 11) is -5.85.